The van der Waals surface area contributed by atoms with E-state index in [1.807, 2.05) is 62.2 Å². The van der Waals surface area contributed by atoms with Crippen molar-refractivity contribution in [2.75, 3.05) is 27.5 Å². The summed E-state index contributed by atoms with van der Waals surface area (Å²) in [4.78, 5) is 29.8. The smallest absolute Gasteiger partial charge is 0.308 e. The highest BCUT2D eigenvalue weighted by Gasteiger charge is 2.56. The van der Waals surface area contributed by atoms with Crippen molar-refractivity contribution in [1.29, 1.82) is 0 Å². The molecule has 1 fully saturated rings. The number of likely N-dealkylation sites (N-methyl/N-ethyl adjacent to an activating group) is 1. The van der Waals surface area contributed by atoms with E-state index < -0.39 is 24.3 Å². The molecule has 7 rings (SSSR count). The van der Waals surface area contributed by atoms with Crippen molar-refractivity contribution in [2.24, 2.45) is 0 Å². The first-order valence-corrected chi connectivity index (χ1v) is 15.8. The maximum atomic E-state index is 13.2. The standard InChI is InChI=1S/C36H39N3O8/c1-18-13-22-14-25-36(43)39-24(30(38(25)4)28(22)31(42)32(18)44-5)15-23-29(35-34(45-17-46-35)19(2)33(23)47-20(3)40)26(39)16-37-27(41)12-11-21-9-7-6-8-10-21/h6-13,24-26,30,36,42-43H,14-17H2,1-5H3,(H,37,41)/b12-11+/t24?,25-,26-,30-,36-/m0/s1. The highest BCUT2D eigenvalue weighted by Crippen LogP contribution is 2.58. The molecule has 246 valence electrons. The lowest BCUT2D eigenvalue weighted by Crippen LogP contribution is -2.69. The van der Waals surface area contributed by atoms with Gasteiger partial charge >= 0.3 is 5.97 Å². The van der Waals surface area contributed by atoms with Gasteiger partial charge in [-0.15, -0.1) is 0 Å². The summed E-state index contributed by atoms with van der Waals surface area (Å²) in [6, 6.07) is 9.92. The molecule has 0 spiro atoms. The van der Waals surface area contributed by atoms with E-state index in [9.17, 15) is 19.8 Å². The lowest BCUT2D eigenvalue weighted by Gasteiger charge is -2.60. The number of rotatable bonds is 6. The molecule has 11 nitrogen and oxygen atoms in total. The number of carbonyl (C=O) groups excluding carboxylic acids is 2. The van der Waals surface area contributed by atoms with Crippen LogP contribution in [0.25, 0.3) is 6.08 Å². The number of phenols is 1. The third kappa shape index (κ3) is 5.00. The molecule has 4 aliphatic heterocycles. The van der Waals surface area contributed by atoms with Crippen LogP contribution in [0, 0.1) is 13.8 Å². The average Bonchev–Trinajstić information content (AvgIpc) is 3.54. The van der Waals surface area contributed by atoms with Gasteiger partial charge in [-0.1, -0.05) is 36.4 Å². The van der Waals surface area contributed by atoms with Crippen LogP contribution in [0.1, 0.15) is 58.0 Å². The summed E-state index contributed by atoms with van der Waals surface area (Å²) < 4.78 is 23.4. The predicted molar refractivity (Wildman–Crippen MR) is 173 cm³/mol. The molecule has 1 amide bonds. The molecule has 4 heterocycles. The third-order valence-corrected chi connectivity index (χ3v) is 10.0. The molecule has 47 heavy (non-hydrogen) atoms. The summed E-state index contributed by atoms with van der Waals surface area (Å²) >= 11 is 0. The minimum Gasteiger partial charge on any atom is -0.504 e. The molecule has 3 N–H and O–H groups in total. The zero-order valence-corrected chi connectivity index (χ0v) is 27.1. The quantitative estimate of drug-likeness (QED) is 0.208. The fraction of sp³-hybridized carbons (Fsp3) is 0.389. The van der Waals surface area contributed by atoms with E-state index in [0.29, 0.717) is 47.0 Å². The molecule has 0 aliphatic carbocycles. The number of esters is 1. The van der Waals surface area contributed by atoms with Gasteiger partial charge < -0.3 is 34.5 Å². The van der Waals surface area contributed by atoms with E-state index in [1.165, 1.54) is 13.0 Å². The molecule has 1 saturated heterocycles. The lowest BCUT2D eigenvalue weighted by atomic mass is 9.73. The van der Waals surface area contributed by atoms with Gasteiger partial charge in [-0.05, 0) is 56.5 Å². The van der Waals surface area contributed by atoms with Crippen molar-refractivity contribution in [1.82, 2.24) is 15.1 Å². The molecule has 11 heteroatoms. The Morgan fingerprint density at radius 2 is 1.81 bits per heavy atom. The Labute approximate surface area is 273 Å². The number of hydrogen-bond donors (Lipinski definition) is 3. The number of amides is 1. The zero-order valence-electron chi connectivity index (χ0n) is 27.1. The first-order chi connectivity index (χ1) is 22.6. The van der Waals surface area contributed by atoms with Crippen LogP contribution in [-0.4, -0.2) is 77.7 Å². The van der Waals surface area contributed by atoms with Crippen LogP contribution in [0.3, 0.4) is 0 Å². The molecule has 1 unspecified atom stereocenters. The van der Waals surface area contributed by atoms with Crippen LogP contribution in [0.15, 0.2) is 42.5 Å². The fourth-order valence-electron chi connectivity index (χ4n) is 8.11. The number of aliphatic hydroxyl groups is 1. The Morgan fingerprint density at radius 1 is 1.06 bits per heavy atom. The maximum absolute atomic E-state index is 13.2. The number of methoxy groups -OCH3 is 1. The van der Waals surface area contributed by atoms with Crippen molar-refractivity contribution in [3.63, 3.8) is 0 Å². The first-order valence-electron chi connectivity index (χ1n) is 15.8. The van der Waals surface area contributed by atoms with E-state index in [2.05, 4.69) is 10.2 Å². The van der Waals surface area contributed by atoms with E-state index in [-0.39, 0.29) is 37.1 Å². The molecule has 0 radical (unpaired) electrons. The predicted octanol–water partition coefficient (Wildman–Crippen LogP) is 3.70. The molecule has 0 saturated carbocycles. The molecular formula is C36H39N3O8. The van der Waals surface area contributed by atoms with Crippen molar-refractivity contribution in [3.05, 3.63) is 81.4 Å². The Kier molecular flexibility index (Phi) is 7.86. The van der Waals surface area contributed by atoms with E-state index >= 15 is 0 Å². The molecule has 4 aliphatic rings. The highest BCUT2D eigenvalue weighted by molar-refractivity contribution is 5.91. The first kappa shape index (κ1) is 31.0. The van der Waals surface area contributed by atoms with Gasteiger partial charge in [0.2, 0.25) is 12.7 Å². The Morgan fingerprint density at radius 3 is 2.53 bits per heavy atom. The molecular weight excluding hydrogens is 602 g/mol. The second-order valence-electron chi connectivity index (χ2n) is 12.7. The summed E-state index contributed by atoms with van der Waals surface area (Å²) in [6.07, 6.45) is 3.15. The van der Waals surface area contributed by atoms with Crippen molar-refractivity contribution < 1.29 is 38.7 Å². The van der Waals surface area contributed by atoms with E-state index in [1.54, 1.807) is 13.2 Å². The van der Waals surface area contributed by atoms with Gasteiger partial charge in [-0.3, -0.25) is 19.4 Å². The third-order valence-electron chi connectivity index (χ3n) is 10.0. The summed E-state index contributed by atoms with van der Waals surface area (Å²) in [5.41, 5.74) is 5.49. The second-order valence-corrected chi connectivity index (χ2v) is 12.7. The second kappa shape index (κ2) is 11.9. The number of piperazine rings is 1. The van der Waals surface area contributed by atoms with Crippen LogP contribution >= 0.6 is 0 Å². The zero-order chi connectivity index (χ0) is 33.1. The minimum atomic E-state index is -0.940. The van der Waals surface area contributed by atoms with E-state index in [0.717, 1.165) is 27.8 Å². The topological polar surface area (TPSA) is 130 Å². The van der Waals surface area contributed by atoms with Gasteiger partial charge in [-0.25, -0.2) is 0 Å². The van der Waals surface area contributed by atoms with Crippen LogP contribution in [0.5, 0.6) is 28.7 Å². The van der Waals surface area contributed by atoms with Crippen molar-refractivity contribution in [2.45, 2.75) is 64.0 Å². The van der Waals surface area contributed by atoms with Gasteiger partial charge in [0.1, 0.15) is 12.0 Å². The number of ether oxygens (including phenoxy) is 4. The van der Waals surface area contributed by atoms with E-state index in [4.69, 9.17) is 18.9 Å². The average molecular weight is 642 g/mol. The normalized spacial score (nSPS) is 24.3. The number of aromatic hydroxyl groups is 1. The molecule has 0 aromatic heterocycles. The lowest BCUT2D eigenvalue weighted by molar-refractivity contribution is -0.172. The number of hydrogen-bond acceptors (Lipinski definition) is 10. The van der Waals surface area contributed by atoms with Crippen LogP contribution in [0.4, 0.5) is 0 Å². The number of nitrogens with zero attached hydrogens (tertiary/aromatic N) is 2. The van der Waals surface area contributed by atoms with Gasteiger partial charge in [0.05, 0.1) is 25.2 Å². The van der Waals surface area contributed by atoms with Crippen molar-refractivity contribution >= 4 is 18.0 Å². The number of phenolic OH excluding ortho intramolecular Hbond substituents is 1. The summed E-state index contributed by atoms with van der Waals surface area (Å²) in [5, 5.41) is 26.9. The van der Waals surface area contributed by atoms with Gasteiger partial charge in [0.15, 0.2) is 23.0 Å². The van der Waals surface area contributed by atoms with Crippen LogP contribution < -0.4 is 24.3 Å². The molecule has 5 atom stereocenters. The van der Waals surface area contributed by atoms with Gasteiger partial charge in [-0.2, -0.15) is 0 Å². The maximum Gasteiger partial charge on any atom is 0.308 e. The SMILES string of the molecule is COc1c(C)cc2c(c1O)[C@@H]1C3Cc4c(OC(C)=O)c(C)c5c(c4[C@H](CNC(=O)/C=C/c4ccccc4)N3[C@@H](O)[C@H](C2)N1C)OCO5. The summed E-state index contributed by atoms with van der Waals surface area (Å²) in [5.74, 6) is 1.10. The number of nitrogens with one attached hydrogen (secondary N) is 1. The molecule has 3 aromatic rings. The number of aryl methyl sites for hydroxylation is 1. The number of benzene rings is 3. The summed E-state index contributed by atoms with van der Waals surface area (Å²) in [6.45, 7) is 5.20. The molecule has 2 bridgehead atoms. The fourth-order valence-corrected chi connectivity index (χ4v) is 8.11. The number of fused-ring (bicyclic) bond motifs is 9. The summed E-state index contributed by atoms with van der Waals surface area (Å²) in [7, 11) is 3.50. The number of carbonyl (C=O) groups is 2. The monoisotopic (exact) mass is 641 g/mol. The Bertz CT molecular complexity index is 1790. The van der Waals surface area contributed by atoms with Gasteiger partial charge in [0, 0.05) is 47.8 Å². The number of aliphatic hydroxyl groups excluding tert-OH is 1. The van der Waals surface area contributed by atoms with Crippen LogP contribution in [-0.2, 0) is 22.4 Å². The molecule has 3 aromatic carbocycles. The highest BCUT2D eigenvalue weighted by atomic mass is 16.7. The van der Waals surface area contributed by atoms with Gasteiger partial charge in [0.25, 0.3) is 0 Å². The minimum absolute atomic E-state index is 0.00854. The largest absolute Gasteiger partial charge is 0.504 e. The van der Waals surface area contributed by atoms with Crippen LogP contribution in [0.2, 0.25) is 0 Å². The van der Waals surface area contributed by atoms with Crippen molar-refractivity contribution in [3.8, 4) is 28.7 Å². The Hall–Kier alpha value is -4.58. The Balaban J connectivity index is 1.37.